The van der Waals surface area contributed by atoms with Crippen LogP contribution < -0.4 is 10.6 Å². The molecule has 2 N–H and O–H groups in total. The van der Waals surface area contributed by atoms with E-state index in [9.17, 15) is 4.79 Å². The van der Waals surface area contributed by atoms with Crippen molar-refractivity contribution < 1.29 is 19.0 Å². The molecule has 0 aromatic heterocycles. The van der Waals surface area contributed by atoms with Crippen molar-refractivity contribution in [3.63, 3.8) is 0 Å². The fourth-order valence-electron chi connectivity index (χ4n) is 2.18. The third-order valence-corrected chi connectivity index (χ3v) is 3.14. The van der Waals surface area contributed by atoms with Crippen molar-refractivity contribution in [2.75, 3.05) is 19.8 Å². The van der Waals surface area contributed by atoms with Crippen LogP contribution in [0.15, 0.2) is 0 Å². The van der Waals surface area contributed by atoms with Gasteiger partial charge >= 0.3 is 6.09 Å². The van der Waals surface area contributed by atoms with Crippen LogP contribution in [0.2, 0.25) is 0 Å². The van der Waals surface area contributed by atoms with Gasteiger partial charge in [0.05, 0.1) is 0 Å². The Morgan fingerprint density at radius 1 is 1.14 bits per heavy atom. The summed E-state index contributed by atoms with van der Waals surface area (Å²) in [5, 5.41) is 6.28. The van der Waals surface area contributed by atoms with Crippen LogP contribution >= 0.6 is 0 Å². The monoisotopic (exact) mass is 302 g/mol. The molecule has 0 atom stereocenters. The van der Waals surface area contributed by atoms with E-state index in [1.807, 2.05) is 34.6 Å². The number of ether oxygens (including phenoxy) is 3. The first-order valence-corrected chi connectivity index (χ1v) is 7.80. The summed E-state index contributed by atoms with van der Waals surface area (Å²) in [7, 11) is 0. The third kappa shape index (κ3) is 7.64. The van der Waals surface area contributed by atoms with Gasteiger partial charge in [0.2, 0.25) is 0 Å². The van der Waals surface area contributed by atoms with Gasteiger partial charge in [0.25, 0.3) is 0 Å². The Kier molecular flexibility index (Phi) is 7.42. The molecule has 21 heavy (non-hydrogen) atoms. The maximum absolute atomic E-state index is 11.6. The van der Waals surface area contributed by atoms with Crippen LogP contribution in [0.3, 0.4) is 0 Å². The van der Waals surface area contributed by atoms with Gasteiger partial charge in [0, 0.05) is 31.8 Å². The molecular weight excluding hydrogens is 272 g/mol. The molecule has 6 nitrogen and oxygen atoms in total. The van der Waals surface area contributed by atoms with Crippen molar-refractivity contribution in [1.82, 2.24) is 10.6 Å². The summed E-state index contributed by atoms with van der Waals surface area (Å²) in [5.74, 6) is 0. The largest absolute Gasteiger partial charge is 0.444 e. The molecule has 1 rings (SSSR count). The van der Waals surface area contributed by atoms with Gasteiger partial charge in [-0.25, -0.2) is 4.79 Å². The summed E-state index contributed by atoms with van der Waals surface area (Å²) in [4.78, 5) is 11.6. The zero-order chi connectivity index (χ0) is 15.9. The zero-order valence-electron chi connectivity index (χ0n) is 13.9. The maximum Gasteiger partial charge on any atom is 0.407 e. The van der Waals surface area contributed by atoms with Crippen LogP contribution in [0.4, 0.5) is 4.79 Å². The molecule has 1 saturated carbocycles. The quantitative estimate of drug-likeness (QED) is 0.672. The van der Waals surface area contributed by atoms with Crippen molar-refractivity contribution in [2.24, 2.45) is 0 Å². The Morgan fingerprint density at radius 2 is 1.71 bits per heavy atom. The average molecular weight is 302 g/mol. The summed E-state index contributed by atoms with van der Waals surface area (Å²) in [6.45, 7) is 11.4. The highest BCUT2D eigenvalue weighted by atomic mass is 16.7. The van der Waals surface area contributed by atoms with Crippen molar-refractivity contribution in [3.8, 4) is 0 Å². The van der Waals surface area contributed by atoms with Crippen molar-refractivity contribution in [1.29, 1.82) is 0 Å². The molecule has 1 amide bonds. The van der Waals surface area contributed by atoms with E-state index in [-0.39, 0.29) is 18.4 Å². The predicted octanol–water partition coefficient (Wildman–Crippen LogP) is 2.03. The molecule has 6 heteroatoms. The summed E-state index contributed by atoms with van der Waals surface area (Å²) < 4.78 is 16.2. The van der Waals surface area contributed by atoms with Crippen LogP contribution in [0.25, 0.3) is 0 Å². The first kappa shape index (κ1) is 18.2. The first-order valence-electron chi connectivity index (χ1n) is 7.80. The molecule has 0 unspecified atom stereocenters. The zero-order valence-corrected chi connectivity index (χ0v) is 13.9. The number of amides is 1. The van der Waals surface area contributed by atoms with Gasteiger partial charge in [-0.2, -0.15) is 0 Å². The Labute approximate surface area is 127 Å². The molecule has 0 aromatic carbocycles. The summed E-state index contributed by atoms with van der Waals surface area (Å²) in [6.07, 6.45) is 1.28. The van der Waals surface area contributed by atoms with E-state index in [4.69, 9.17) is 14.2 Å². The Bertz CT molecular complexity index is 305. The second-order valence-corrected chi connectivity index (χ2v) is 6.26. The van der Waals surface area contributed by atoms with Gasteiger partial charge in [0.15, 0.2) is 6.29 Å². The number of carbonyl (C=O) groups is 1. The molecule has 124 valence electrons. The first-order chi connectivity index (χ1) is 9.84. The Balaban J connectivity index is 2.14. The van der Waals surface area contributed by atoms with E-state index in [0.717, 1.165) is 12.8 Å². The lowest BCUT2D eigenvalue weighted by molar-refractivity contribution is -0.134. The number of nitrogens with one attached hydrogen (secondary N) is 2. The fourth-order valence-corrected chi connectivity index (χ4v) is 2.18. The van der Waals surface area contributed by atoms with Crippen molar-refractivity contribution >= 4 is 6.09 Å². The topological polar surface area (TPSA) is 68.8 Å². The Morgan fingerprint density at radius 3 is 2.19 bits per heavy atom. The van der Waals surface area contributed by atoms with Gasteiger partial charge in [-0.15, -0.1) is 0 Å². The standard InChI is InChI=1S/C15H30N2O4/c1-6-19-13(20-7-2)10-16-11-8-12(9-11)17-14(18)21-15(3,4)5/h11-13,16H,6-10H2,1-5H3,(H,17,18). The highest BCUT2D eigenvalue weighted by molar-refractivity contribution is 5.68. The highest BCUT2D eigenvalue weighted by Crippen LogP contribution is 2.20. The second kappa shape index (κ2) is 8.56. The molecule has 0 bridgehead atoms. The van der Waals surface area contributed by atoms with Gasteiger partial charge in [-0.3, -0.25) is 0 Å². The molecule has 1 aliphatic rings. The average Bonchev–Trinajstić information content (AvgIpc) is 2.29. The highest BCUT2D eigenvalue weighted by Gasteiger charge is 2.31. The molecule has 1 aliphatic carbocycles. The minimum Gasteiger partial charge on any atom is -0.444 e. The molecule has 0 aliphatic heterocycles. The number of hydrogen-bond acceptors (Lipinski definition) is 5. The number of hydrogen-bond donors (Lipinski definition) is 2. The van der Waals surface area contributed by atoms with Crippen molar-refractivity contribution in [3.05, 3.63) is 0 Å². The van der Waals surface area contributed by atoms with Crippen LogP contribution in [0.5, 0.6) is 0 Å². The molecule has 0 aromatic rings. The van der Waals surface area contributed by atoms with E-state index in [0.29, 0.717) is 25.8 Å². The SMILES string of the molecule is CCOC(CNC1CC(NC(=O)OC(C)(C)C)C1)OCC. The van der Waals surface area contributed by atoms with Gasteiger partial charge < -0.3 is 24.8 Å². The van der Waals surface area contributed by atoms with Gasteiger partial charge in [-0.1, -0.05) is 0 Å². The van der Waals surface area contributed by atoms with E-state index in [2.05, 4.69) is 10.6 Å². The lowest BCUT2D eigenvalue weighted by atomic mass is 9.87. The van der Waals surface area contributed by atoms with Crippen LogP contribution in [0.1, 0.15) is 47.5 Å². The lowest BCUT2D eigenvalue weighted by Gasteiger charge is -2.37. The predicted molar refractivity (Wildman–Crippen MR) is 81.2 cm³/mol. The maximum atomic E-state index is 11.6. The van der Waals surface area contributed by atoms with Crippen LogP contribution in [-0.4, -0.2) is 49.8 Å². The van der Waals surface area contributed by atoms with E-state index in [1.54, 1.807) is 0 Å². The third-order valence-electron chi connectivity index (χ3n) is 3.14. The van der Waals surface area contributed by atoms with E-state index in [1.165, 1.54) is 0 Å². The minimum absolute atomic E-state index is 0.190. The van der Waals surface area contributed by atoms with Crippen molar-refractivity contribution in [2.45, 2.75) is 71.4 Å². The summed E-state index contributed by atoms with van der Waals surface area (Å²) in [6, 6.07) is 0.586. The number of alkyl carbamates (subject to hydrolysis) is 1. The number of rotatable bonds is 8. The molecular formula is C15H30N2O4. The fraction of sp³-hybridized carbons (Fsp3) is 0.933. The second-order valence-electron chi connectivity index (χ2n) is 6.26. The van der Waals surface area contributed by atoms with E-state index < -0.39 is 5.60 Å². The van der Waals surface area contributed by atoms with Crippen LogP contribution in [0, 0.1) is 0 Å². The number of carbonyl (C=O) groups excluding carboxylic acids is 1. The minimum atomic E-state index is -0.451. The van der Waals surface area contributed by atoms with Gasteiger partial charge in [0.1, 0.15) is 5.60 Å². The molecule has 1 fully saturated rings. The molecule has 0 saturated heterocycles. The smallest absolute Gasteiger partial charge is 0.407 e. The molecule has 0 spiro atoms. The summed E-state index contributed by atoms with van der Waals surface area (Å²) in [5.41, 5.74) is -0.451. The molecule has 0 heterocycles. The van der Waals surface area contributed by atoms with E-state index >= 15 is 0 Å². The summed E-state index contributed by atoms with van der Waals surface area (Å²) >= 11 is 0. The van der Waals surface area contributed by atoms with Crippen LogP contribution in [-0.2, 0) is 14.2 Å². The lowest BCUT2D eigenvalue weighted by Crippen LogP contribution is -2.54. The normalized spacial score (nSPS) is 22.0. The van der Waals surface area contributed by atoms with Gasteiger partial charge in [-0.05, 0) is 47.5 Å². The molecule has 0 radical (unpaired) electrons. The Hall–Kier alpha value is -0.850.